The van der Waals surface area contributed by atoms with Crippen LogP contribution in [-0.2, 0) is 9.53 Å². The Bertz CT molecular complexity index is 1410. The molecule has 2 aliphatic heterocycles. The fourth-order valence-corrected chi connectivity index (χ4v) is 7.29. The van der Waals surface area contributed by atoms with Crippen molar-refractivity contribution in [2.24, 2.45) is 17.1 Å². The molecule has 3 aliphatic rings. The molecule has 1 spiro atoms. The summed E-state index contributed by atoms with van der Waals surface area (Å²) in [5, 5.41) is 4.46. The van der Waals surface area contributed by atoms with Crippen LogP contribution in [0.5, 0.6) is 0 Å². The molecule has 42 heavy (non-hydrogen) atoms. The van der Waals surface area contributed by atoms with E-state index in [2.05, 4.69) is 35.1 Å². The summed E-state index contributed by atoms with van der Waals surface area (Å²) in [4.78, 5) is 40.4. The van der Waals surface area contributed by atoms with E-state index < -0.39 is 0 Å². The number of Topliss-reactive ketones (excluding diaryl/α,β-unsaturated/α-hetero) is 1. The number of nitrogens with zero attached hydrogens (tertiary/aromatic N) is 7. The first-order valence-electron chi connectivity index (χ1n) is 14.4. The molecule has 0 amide bonds. The Labute approximate surface area is 255 Å². The van der Waals surface area contributed by atoms with Crippen LogP contribution in [-0.4, -0.2) is 76.1 Å². The first-order chi connectivity index (χ1) is 20.3. The largest absolute Gasteiger partial charge is 0.381 e. The van der Waals surface area contributed by atoms with Crippen LogP contribution in [0.3, 0.4) is 0 Å². The molecule has 3 aromatic rings. The van der Waals surface area contributed by atoms with Gasteiger partial charge in [0.1, 0.15) is 22.4 Å². The minimum absolute atomic E-state index is 0.0499. The maximum absolute atomic E-state index is 12.3. The van der Waals surface area contributed by atoms with Crippen molar-refractivity contribution in [1.29, 1.82) is 0 Å². The number of ketones is 1. The minimum atomic E-state index is -0.0747. The topological polar surface area (TPSA) is 135 Å². The number of nitrogens with two attached hydrogens (primary N) is 1. The van der Waals surface area contributed by atoms with Crippen molar-refractivity contribution < 1.29 is 9.53 Å². The molecule has 2 saturated heterocycles. The minimum Gasteiger partial charge on any atom is -0.381 e. The Balaban J connectivity index is 1.08. The predicted octanol–water partition coefficient (Wildman–Crippen LogP) is 4.35. The zero-order chi connectivity index (χ0) is 29.3. The van der Waals surface area contributed by atoms with Crippen molar-refractivity contribution in [2.45, 2.75) is 61.1 Å². The highest BCUT2D eigenvalue weighted by Gasteiger charge is 2.50. The molecule has 11 nitrogen and oxygen atoms in total. The lowest BCUT2D eigenvalue weighted by Crippen LogP contribution is -2.48. The molecule has 0 unspecified atom stereocenters. The summed E-state index contributed by atoms with van der Waals surface area (Å²) in [6, 6.07) is 3.60. The van der Waals surface area contributed by atoms with Gasteiger partial charge in [0, 0.05) is 69.0 Å². The number of carbonyl (C=O) groups excluding carboxylic acids is 1. The van der Waals surface area contributed by atoms with E-state index in [0.717, 1.165) is 67.6 Å². The van der Waals surface area contributed by atoms with E-state index in [9.17, 15) is 4.79 Å². The van der Waals surface area contributed by atoms with E-state index in [4.69, 9.17) is 27.1 Å². The first-order valence-corrected chi connectivity index (χ1v) is 15.6. The molecular formula is C29H36ClN9O2S. The van der Waals surface area contributed by atoms with Gasteiger partial charge in [0.2, 0.25) is 5.95 Å². The molecule has 13 heteroatoms. The summed E-state index contributed by atoms with van der Waals surface area (Å²) in [6.45, 7) is 5.29. The highest BCUT2D eigenvalue weighted by atomic mass is 35.5. The van der Waals surface area contributed by atoms with Gasteiger partial charge in [0.25, 0.3) is 0 Å². The first kappa shape index (κ1) is 29.0. The third-order valence-electron chi connectivity index (χ3n) is 8.99. The van der Waals surface area contributed by atoms with Crippen molar-refractivity contribution in [3.63, 3.8) is 0 Å². The zero-order valence-electron chi connectivity index (χ0n) is 23.9. The van der Waals surface area contributed by atoms with Crippen LogP contribution in [0.4, 0.5) is 23.4 Å². The lowest BCUT2D eigenvalue weighted by Gasteiger charge is -2.42. The van der Waals surface area contributed by atoms with Crippen LogP contribution in [0.25, 0.3) is 0 Å². The Morgan fingerprint density at radius 2 is 1.81 bits per heavy atom. The van der Waals surface area contributed by atoms with Gasteiger partial charge in [-0.3, -0.25) is 4.79 Å². The second kappa shape index (κ2) is 12.3. The highest BCUT2D eigenvalue weighted by Crippen LogP contribution is 2.46. The van der Waals surface area contributed by atoms with Crippen LogP contribution in [0.1, 0.15) is 39.0 Å². The summed E-state index contributed by atoms with van der Waals surface area (Å²) in [5.74, 6) is 2.87. The van der Waals surface area contributed by atoms with E-state index in [1.54, 1.807) is 38.0 Å². The van der Waals surface area contributed by atoms with Gasteiger partial charge in [0.05, 0.1) is 23.5 Å². The number of ether oxygens (including phenoxy) is 1. The monoisotopic (exact) mass is 609 g/mol. The third kappa shape index (κ3) is 5.90. The van der Waals surface area contributed by atoms with Crippen LogP contribution in [0.15, 0.2) is 46.8 Å². The molecule has 2 atom stereocenters. The number of hydrogen-bond acceptors (Lipinski definition) is 12. The SMILES string of the molecule is COC1CCN(c2nccc(Nc3nccc(Sc4cnc(N5CCC6(CC5)CC(=O)[C@@H](C)[C@@H]6N)cn4)c3Cl)n2)CC1. The van der Waals surface area contributed by atoms with Crippen LogP contribution >= 0.6 is 23.4 Å². The van der Waals surface area contributed by atoms with Crippen LogP contribution < -0.4 is 20.9 Å². The molecule has 222 valence electrons. The van der Waals surface area contributed by atoms with E-state index in [-0.39, 0.29) is 23.5 Å². The Morgan fingerprint density at radius 3 is 2.48 bits per heavy atom. The molecule has 6 rings (SSSR count). The second-order valence-corrected chi connectivity index (χ2v) is 12.8. The molecule has 1 aliphatic carbocycles. The van der Waals surface area contributed by atoms with Crippen molar-refractivity contribution >= 4 is 52.5 Å². The van der Waals surface area contributed by atoms with Crippen molar-refractivity contribution in [2.75, 3.05) is 48.4 Å². The molecule has 0 aromatic carbocycles. The number of piperidine rings is 2. The number of aromatic nitrogens is 5. The lowest BCUT2D eigenvalue weighted by atomic mass is 9.73. The van der Waals surface area contributed by atoms with Gasteiger partial charge in [-0.25, -0.2) is 19.9 Å². The van der Waals surface area contributed by atoms with Crippen molar-refractivity contribution in [3.8, 4) is 0 Å². The van der Waals surface area contributed by atoms with Crippen LogP contribution in [0.2, 0.25) is 5.02 Å². The van der Waals surface area contributed by atoms with Crippen molar-refractivity contribution in [1.82, 2.24) is 24.9 Å². The molecule has 5 heterocycles. The average Bonchev–Trinajstić information content (AvgIpc) is 3.23. The molecule has 0 radical (unpaired) electrons. The number of hydrogen-bond donors (Lipinski definition) is 2. The molecule has 3 fully saturated rings. The zero-order valence-corrected chi connectivity index (χ0v) is 25.4. The van der Waals surface area contributed by atoms with Gasteiger partial charge in [0.15, 0.2) is 5.82 Å². The van der Waals surface area contributed by atoms with Gasteiger partial charge in [-0.2, -0.15) is 4.98 Å². The standard InChI is InChI=1S/C29H36ClN9O2S/c1-18-20(40)15-29(26(18)31)7-13-38(14-8-29)23-16-35-24(17-34-23)42-21-3-9-32-27(25(21)30)36-22-4-10-33-28(37-22)39-11-5-19(41-2)6-12-39/h3-4,9-10,16-19,26H,5-8,11-15,31H2,1-2H3,(H,32,33,36,37)/t18-,26+/m1/s1. The second-order valence-electron chi connectivity index (χ2n) is 11.4. The van der Waals surface area contributed by atoms with E-state index in [1.807, 2.05) is 13.0 Å². The van der Waals surface area contributed by atoms with E-state index in [1.165, 1.54) is 11.8 Å². The molecule has 1 saturated carbocycles. The average molecular weight is 610 g/mol. The van der Waals surface area contributed by atoms with Gasteiger partial charge in [-0.15, -0.1) is 0 Å². The number of carbonyl (C=O) groups is 1. The van der Waals surface area contributed by atoms with Gasteiger partial charge >= 0.3 is 0 Å². The maximum Gasteiger partial charge on any atom is 0.227 e. The molecule has 0 bridgehead atoms. The molecule has 3 aromatic heterocycles. The summed E-state index contributed by atoms with van der Waals surface area (Å²) < 4.78 is 5.48. The smallest absolute Gasteiger partial charge is 0.227 e. The Kier molecular flexibility index (Phi) is 8.49. The Hall–Kier alpha value is -3.06. The number of halogens is 1. The van der Waals surface area contributed by atoms with E-state index >= 15 is 0 Å². The van der Waals surface area contributed by atoms with Crippen LogP contribution in [0, 0.1) is 11.3 Å². The summed E-state index contributed by atoms with van der Waals surface area (Å²) >= 11 is 8.20. The van der Waals surface area contributed by atoms with Crippen molar-refractivity contribution in [3.05, 3.63) is 41.9 Å². The fraction of sp³-hybridized carbons (Fsp3) is 0.517. The number of anilines is 4. The maximum atomic E-state index is 12.3. The number of pyridine rings is 1. The predicted molar refractivity (Wildman–Crippen MR) is 164 cm³/mol. The lowest BCUT2D eigenvalue weighted by molar-refractivity contribution is -0.120. The quantitative estimate of drug-likeness (QED) is 0.394. The Morgan fingerprint density at radius 1 is 1.05 bits per heavy atom. The summed E-state index contributed by atoms with van der Waals surface area (Å²) in [5.41, 5.74) is 6.39. The summed E-state index contributed by atoms with van der Waals surface area (Å²) in [7, 11) is 1.76. The normalized spacial score (nSPS) is 22.6. The highest BCUT2D eigenvalue weighted by molar-refractivity contribution is 7.99. The molecular weight excluding hydrogens is 574 g/mol. The van der Waals surface area contributed by atoms with Gasteiger partial charge in [-0.05, 0) is 43.2 Å². The molecule has 3 N–H and O–H groups in total. The fourth-order valence-electron chi connectivity index (χ4n) is 6.26. The third-order valence-corrected chi connectivity index (χ3v) is 10.5. The number of rotatable bonds is 7. The van der Waals surface area contributed by atoms with Gasteiger partial charge in [-0.1, -0.05) is 30.3 Å². The summed E-state index contributed by atoms with van der Waals surface area (Å²) in [6.07, 6.45) is 11.6. The number of methoxy groups -OCH3 is 1. The van der Waals surface area contributed by atoms with Gasteiger partial charge < -0.3 is 25.6 Å². The van der Waals surface area contributed by atoms with E-state index in [0.29, 0.717) is 34.8 Å². The number of nitrogens with one attached hydrogen (secondary N) is 1.